The number of nitro groups is 1. The number of aromatic nitrogens is 2. The van der Waals surface area contributed by atoms with Crippen LogP contribution < -0.4 is 10.2 Å². The lowest BCUT2D eigenvalue weighted by Gasteiger charge is -2.22. The second-order valence-electron chi connectivity index (χ2n) is 4.74. The third-order valence-electron chi connectivity index (χ3n) is 3.34. The first-order chi connectivity index (χ1) is 11.1. The van der Waals surface area contributed by atoms with Crippen LogP contribution in [-0.4, -0.2) is 34.7 Å². The van der Waals surface area contributed by atoms with E-state index in [4.69, 9.17) is 0 Å². The normalized spacial score (nSPS) is 10.4. The molecule has 1 N–H and O–H groups in total. The first-order valence-corrected chi connectivity index (χ1v) is 8.40. The molecule has 122 valence electrons. The van der Waals surface area contributed by atoms with Gasteiger partial charge in [-0.2, -0.15) is 9.97 Å². The Bertz CT molecular complexity index is 681. The van der Waals surface area contributed by atoms with Gasteiger partial charge in [0, 0.05) is 20.1 Å². The number of thioether (sulfide) groups is 1. The summed E-state index contributed by atoms with van der Waals surface area (Å²) in [5, 5.41) is 14.8. The molecule has 7 nitrogen and oxygen atoms in total. The van der Waals surface area contributed by atoms with E-state index in [1.54, 1.807) is 7.05 Å². The van der Waals surface area contributed by atoms with Crippen LogP contribution in [0.4, 0.5) is 17.3 Å². The minimum Gasteiger partial charge on any atom is -0.367 e. The van der Waals surface area contributed by atoms with Gasteiger partial charge in [-0.05, 0) is 18.7 Å². The zero-order chi connectivity index (χ0) is 16.8. The Morgan fingerprint density at radius 2 is 2.00 bits per heavy atom. The zero-order valence-corrected chi connectivity index (χ0v) is 14.1. The lowest BCUT2D eigenvalue weighted by Crippen LogP contribution is -2.25. The highest BCUT2D eigenvalue weighted by Gasteiger charge is 2.27. The van der Waals surface area contributed by atoms with Crippen molar-refractivity contribution < 1.29 is 4.92 Å². The number of hydrogen-bond donors (Lipinski definition) is 1. The minimum atomic E-state index is -0.432. The van der Waals surface area contributed by atoms with Crippen molar-refractivity contribution in [1.29, 1.82) is 0 Å². The second kappa shape index (κ2) is 7.77. The van der Waals surface area contributed by atoms with Gasteiger partial charge in [-0.15, -0.1) is 0 Å². The molecule has 23 heavy (non-hydrogen) atoms. The maximum atomic E-state index is 11.5. The van der Waals surface area contributed by atoms with Gasteiger partial charge in [-0.25, -0.2) is 0 Å². The van der Waals surface area contributed by atoms with Crippen molar-refractivity contribution in [3.63, 3.8) is 0 Å². The first kappa shape index (κ1) is 17.0. The van der Waals surface area contributed by atoms with Crippen LogP contribution in [0.1, 0.15) is 12.5 Å². The van der Waals surface area contributed by atoms with Crippen molar-refractivity contribution in [2.45, 2.75) is 18.6 Å². The Labute approximate surface area is 139 Å². The van der Waals surface area contributed by atoms with Crippen LogP contribution in [0, 0.1) is 10.1 Å². The van der Waals surface area contributed by atoms with Gasteiger partial charge in [0.1, 0.15) is 0 Å². The minimum absolute atomic E-state index is 0.0944. The molecule has 0 amide bonds. The van der Waals surface area contributed by atoms with E-state index in [1.165, 1.54) is 11.8 Å². The summed E-state index contributed by atoms with van der Waals surface area (Å²) in [6, 6.07) is 9.82. The fraction of sp³-hybridized carbons (Fsp3) is 0.333. The highest BCUT2D eigenvalue weighted by Crippen LogP contribution is 2.34. The molecule has 0 saturated carbocycles. The molecule has 0 aliphatic carbocycles. The predicted molar refractivity (Wildman–Crippen MR) is 93.2 cm³/mol. The largest absolute Gasteiger partial charge is 0.367 e. The smallest absolute Gasteiger partial charge is 0.353 e. The molecule has 0 atom stereocenters. The highest BCUT2D eigenvalue weighted by molar-refractivity contribution is 7.98. The molecule has 2 rings (SSSR count). The van der Waals surface area contributed by atoms with E-state index in [9.17, 15) is 10.1 Å². The Hall–Kier alpha value is -2.35. The van der Waals surface area contributed by atoms with E-state index in [-0.39, 0.29) is 11.5 Å². The van der Waals surface area contributed by atoms with Crippen molar-refractivity contribution in [3.8, 4) is 0 Å². The van der Waals surface area contributed by atoms with Crippen LogP contribution in [0.5, 0.6) is 0 Å². The lowest BCUT2D eigenvalue weighted by molar-refractivity contribution is -0.383. The number of hydrogen-bond acceptors (Lipinski definition) is 7. The number of benzene rings is 1. The number of nitrogens with one attached hydrogen (secondary N) is 1. The van der Waals surface area contributed by atoms with Crippen LogP contribution in [-0.2, 0) is 6.54 Å². The van der Waals surface area contributed by atoms with E-state index >= 15 is 0 Å². The van der Waals surface area contributed by atoms with Crippen LogP contribution in [0.2, 0.25) is 0 Å². The van der Waals surface area contributed by atoms with Crippen molar-refractivity contribution in [3.05, 3.63) is 46.0 Å². The number of rotatable bonds is 7. The maximum Gasteiger partial charge on any atom is 0.353 e. The van der Waals surface area contributed by atoms with E-state index in [0.717, 1.165) is 5.56 Å². The monoisotopic (exact) mass is 333 g/mol. The van der Waals surface area contributed by atoms with Gasteiger partial charge in [0.2, 0.25) is 11.6 Å². The van der Waals surface area contributed by atoms with Crippen molar-refractivity contribution in [2.24, 2.45) is 0 Å². The van der Waals surface area contributed by atoms with E-state index < -0.39 is 4.92 Å². The number of anilines is 2. The molecule has 1 heterocycles. The first-order valence-electron chi connectivity index (χ1n) is 7.17. The fourth-order valence-electron chi connectivity index (χ4n) is 2.22. The van der Waals surface area contributed by atoms with Crippen LogP contribution in [0.25, 0.3) is 0 Å². The molecule has 0 radical (unpaired) electrons. The summed E-state index contributed by atoms with van der Waals surface area (Å²) in [6.07, 6.45) is 1.85. The van der Waals surface area contributed by atoms with Crippen molar-refractivity contribution in [2.75, 3.05) is 30.1 Å². The molecule has 8 heteroatoms. The molecule has 0 spiro atoms. The maximum absolute atomic E-state index is 11.5. The molecule has 1 aromatic carbocycles. The molecular formula is C15H19N5O2S. The zero-order valence-electron chi connectivity index (χ0n) is 13.3. The fourth-order valence-corrected chi connectivity index (χ4v) is 2.58. The SMILES string of the molecule is CCN(Cc1ccccc1)c1nc(SC)nc(NC)c1[N+](=O)[O-]. The molecular weight excluding hydrogens is 314 g/mol. The Morgan fingerprint density at radius 3 is 2.52 bits per heavy atom. The number of nitrogens with zero attached hydrogens (tertiary/aromatic N) is 4. The van der Waals surface area contributed by atoms with Gasteiger partial charge in [0.25, 0.3) is 0 Å². The predicted octanol–water partition coefficient (Wildman–Crippen LogP) is 3.17. The second-order valence-corrected chi connectivity index (χ2v) is 5.51. The average molecular weight is 333 g/mol. The third-order valence-corrected chi connectivity index (χ3v) is 3.89. The summed E-state index contributed by atoms with van der Waals surface area (Å²) in [7, 11) is 1.62. The average Bonchev–Trinajstić information content (AvgIpc) is 2.59. The van der Waals surface area contributed by atoms with Gasteiger partial charge in [0.05, 0.1) is 4.92 Å². The topological polar surface area (TPSA) is 84.2 Å². The Balaban J connectivity index is 2.51. The molecule has 2 aromatic rings. The van der Waals surface area contributed by atoms with Crippen molar-refractivity contribution >= 4 is 29.1 Å². The Morgan fingerprint density at radius 1 is 1.30 bits per heavy atom. The quantitative estimate of drug-likeness (QED) is 0.360. The van der Waals surface area contributed by atoms with Crippen LogP contribution in [0.3, 0.4) is 0 Å². The van der Waals surface area contributed by atoms with Crippen LogP contribution in [0.15, 0.2) is 35.5 Å². The molecule has 0 fully saturated rings. The van der Waals surface area contributed by atoms with Crippen LogP contribution >= 0.6 is 11.8 Å². The van der Waals surface area contributed by atoms with E-state index in [0.29, 0.717) is 24.1 Å². The lowest BCUT2D eigenvalue weighted by atomic mass is 10.2. The molecule has 0 saturated heterocycles. The summed E-state index contributed by atoms with van der Waals surface area (Å²) < 4.78 is 0. The van der Waals surface area contributed by atoms with E-state index in [1.807, 2.05) is 48.4 Å². The summed E-state index contributed by atoms with van der Waals surface area (Å²) in [4.78, 5) is 21.6. The van der Waals surface area contributed by atoms with Gasteiger partial charge in [0.15, 0.2) is 5.16 Å². The summed E-state index contributed by atoms with van der Waals surface area (Å²) in [6.45, 7) is 3.10. The van der Waals surface area contributed by atoms with Gasteiger partial charge >= 0.3 is 5.69 Å². The standard InChI is InChI=1S/C15H19N5O2S/c1-4-19(10-11-8-6-5-7-9-11)14-12(20(21)22)13(16-2)17-15(18-14)23-3/h5-9H,4,10H2,1-3H3,(H,16,17,18). The van der Waals surface area contributed by atoms with Crippen molar-refractivity contribution in [1.82, 2.24) is 9.97 Å². The molecule has 0 aliphatic rings. The van der Waals surface area contributed by atoms with Gasteiger partial charge < -0.3 is 10.2 Å². The summed E-state index contributed by atoms with van der Waals surface area (Å²) in [5.74, 6) is 0.570. The Kier molecular flexibility index (Phi) is 5.75. The van der Waals surface area contributed by atoms with Gasteiger partial charge in [-0.1, -0.05) is 42.1 Å². The molecule has 0 aliphatic heterocycles. The molecule has 0 bridgehead atoms. The van der Waals surface area contributed by atoms with E-state index in [2.05, 4.69) is 15.3 Å². The van der Waals surface area contributed by atoms with Gasteiger partial charge in [-0.3, -0.25) is 10.1 Å². The highest BCUT2D eigenvalue weighted by atomic mass is 32.2. The summed E-state index contributed by atoms with van der Waals surface area (Å²) >= 11 is 1.36. The molecule has 0 unspecified atom stereocenters. The third kappa shape index (κ3) is 3.89. The summed E-state index contributed by atoms with van der Waals surface area (Å²) in [5.41, 5.74) is 0.974. The molecule has 1 aromatic heterocycles.